The Morgan fingerprint density at radius 2 is 1.80 bits per heavy atom. The highest BCUT2D eigenvalue weighted by Crippen LogP contribution is 2.25. The predicted molar refractivity (Wildman–Crippen MR) is 103 cm³/mol. The fourth-order valence-corrected chi connectivity index (χ4v) is 3.02. The zero-order chi connectivity index (χ0) is 17.1. The second kappa shape index (κ2) is 6.85. The summed E-state index contributed by atoms with van der Waals surface area (Å²) in [5, 5.41) is 5.85. The molecule has 124 valence electrons. The van der Waals surface area contributed by atoms with E-state index in [1.54, 1.807) is 0 Å². The Labute approximate surface area is 146 Å². The van der Waals surface area contributed by atoms with Gasteiger partial charge in [-0.05, 0) is 18.1 Å². The summed E-state index contributed by atoms with van der Waals surface area (Å²) in [5.41, 5.74) is 3.97. The molecule has 2 heterocycles. The second-order valence-corrected chi connectivity index (χ2v) is 6.11. The molecule has 0 saturated carbocycles. The fourth-order valence-electron chi connectivity index (χ4n) is 3.02. The Morgan fingerprint density at radius 3 is 2.64 bits per heavy atom. The Balaban J connectivity index is 1.91. The molecule has 0 N–H and O–H groups in total. The van der Waals surface area contributed by atoms with Crippen molar-refractivity contribution < 1.29 is 0 Å². The number of rotatable bonds is 5. The van der Waals surface area contributed by atoms with Gasteiger partial charge in [0.1, 0.15) is 16.9 Å². The zero-order valence-electron chi connectivity index (χ0n) is 14.3. The first-order valence-corrected chi connectivity index (χ1v) is 8.71. The van der Waals surface area contributed by atoms with Crippen LogP contribution >= 0.6 is 0 Å². The van der Waals surface area contributed by atoms with E-state index in [9.17, 15) is 0 Å². The van der Waals surface area contributed by atoms with Crippen LogP contribution in [0, 0.1) is 0 Å². The van der Waals surface area contributed by atoms with Crippen molar-refractivity contribution in [3.05, 3.63) is 72.2 Å². The van der Waals surface area contributed by atoms with Gasteiger partial charge in [-0.3, -0.25) is 4.98 Å². The summed E-state index contributed by atoms with van der Waals surface area (Å²) in [6, 6.07) is 18.3. The summed E-state index contributed by atoms with van der Waals surface area (Å²) in [4.78, 5) is 9.33. The van der Waals surface area contributed by atoms with Crippen LogP contribution in [0.4, 0.5) is 0 Å². The number of aryl methyl sites for hydroxylation is 1. The molecule has 0 aliphatic heterocycles. The molecule has 0 unspecified atom stereocenters. The van der Waals surface area contributed by atoms with Gasteiger partial charge in [-0.2, -0.15) is 5.10 Å². The summed E-state index contributed by atoms with van der Waals surface area (Å²) >= 11 is 0. The molecule has 0 radical (unpaired) electrons. The van der Waals surface area contributed by atoms with Crippen LogP contribution < -0.4 is 0 Å². The van der Waals surface area contributed by atoms with Gasteiger partial charge in [0.05, 0.1) is 17.9 Å². The van der Waals surface area contributed by atoms with Crippen molar-refractivity contribution in [2.45, 2.75) is 26.2 Å². The molecule has 4 rings (SSSR count). The van der Waals surface area contributed by atoms with Gasteiger partial charge in [0.2, 0.25) is 0 Å². The van der Waals surface area contributed by atoms with E-state index in [-0.39, 0.29) is 0 Å². The average molecular weight is 328 g/mol. The SMILES string of the molecule is CCCCc1nc2cnc3ccccc3c2n1/N=C/c1ccccc1. The molecule has 4 nitrogen and oxygen atoms in total. The number of unbranched alkanes of at least 4 members (excludes halogenated alkanes) is 1. The number of aromatic nitrogens is 3. The van der Waals surface area contributed by atoms with Crippen molar-refractivity contribution in [2.24, 2.45) is 5.10 Å². The Bertz CT molecular complexity index is 1030. The standard InChI is InChI=1S/C21H20N4/c1-2-3-13-20-24-19-15-22-18-12-8-7-11-17(18)21(19)25(20)23-14-16-9-5-4-6-10-16/h4-12,14-15H,2-3,13H2,1H3/b23-14+. The summed E-state index contributed by atoms with van der Waals surface area (Å²) in [6.45, 7) is 2.19. The monoisotopic (exact) mass is 328 g/mol. The Kier molecular flexibility index (Phi) is 4.25. The van der Waals surface area contributed by atoms with Gasteiger partial charge in [-0.15, -0.1) is 0 Å². The highest BCUT2D eigenvalue weighted by molar-refractivity contribution is 6.02. The van der Waals surface area contributed by atoms with Gasteiger partial charge < -0.3 is 0 Å². The zero-order valence-corrected chi connectivity index (χ0v) is 14.3. The highest BCUT2D eigenvalue weighted by Gasteiger charge is 2.13. The van der Waals surface area contributed by atoms with Crippen molar-refractivity contribution in [3.8, 4) is 0 Å². The summed E-state index contributed by atoms with van der Waals surface area (Å²) in [7, 11) is 0. The van der Waals surface area contributed by atoms with E-state index in [1.807, 2.05) is 65.6 Å². The minimum absolute atomic E-state index is 0.898. The molecule has 4 heteroatoms. The van der Waals surface area contributed by atoms with Crippen LogP contribution in [0.5, 0.6) is 0 Å². The minimum Gasteiger partial charge on any atom is -0.254 e. The molecule has 0 atom stereocenters. The van der Waals surface area contributed by atoms with E-state index in [0.29, 0.717) is 0 Å². The molecule has 2 aromatic carbocycles. The molecule has 4 aromatic rings. The van der Waals surface area contributed by atoms with Crippen LogP contribution in [-0.2, 0) is 6.42 Å². The predicted octanol–water partition coefficient (Wildman–Crippen LogP) is 4.81. The van der Waals surface area contributed by atoms with Crippen LogP contribution in [0.15, 0.2) is 65.9 Å². The van der Waals surface area contributed by atoms with Crippen LogP contribution in [0.1, 0.15) is 31.2 Å². The third-order valence-electron chi connectivity index (χ3n) is 4.31. The van der Waals surface area contributed by atoms with Gasteiger partial charge in [0.25, 0.3) is 0 Å². The van der Waals surface area contributed by atoms with E-state index in [2.05, 4.69) is 18.0 Å². The molecule has 2 aromatic heterocycles. The number of para-hydroxylation sites is 1. The number of pyridine rings is 1. The lowest BCUT2D eigenvalue weighted by Crippen LogP contribution is -1.99. The average Bonchev–Trinajstić information content (AvgIpc) is 3.03. The van der Waals surface area contributed by atoms with E-state index < -0.39 is 0 Å². The molecule has 0 fully saturated rings. The van der Waals surface area contributed by atoms with Crippen LogP contribution in [0.2, 0.25) is 0 Å². The molecule has 0 spiro atoms. The largest absolute Gasteiger partial charge is 0.254 e. The third-order valence-corrected chi connectivity index (χ3v) is 4.31. The third kappa shape index (κ3) is 3.03. The van der Waals surface area contributed by atoms with E-state index in [1.165, 1.54) is 0 Å². The van der Waals surface area contributed by atoms with E-state index in [0.717, 1.165) is 52.6 Å². The van der Waals surface area contributed by atoms with Crippen molar-refractivity contribution in [1.82, 2.24) is 14.6 Å². The van der Waals surface area contributed by atoms with Crippen LogP contribution in [0.25, 0.3) is 21.9 Å². The lowest BCUT2D eigenvalue weighted by Gasteiger charge is -2.04. The first kappa shape index (κ1) is 15.5. The lowest BCUT2D eigenvalue weighted by atomic mass is 10.2. The summed E-state index contributed by atoms with van der Waals surface area (Å²) < 4.78 is 1.99. The lowest BCUT2D eigenvalue weighted by molar-refractivity contribution is 0.714. The molecule has 0 aliphatic rings. The fraction of sp³-hybridized carbons (Fsp3) is 0.190. The smallest absolute Gasteiger partial charge is 0.131 e. The van der Waals surface area contributed by atoms with Gasteiger partial charge in [-0.1, -0.05) is 61.9 Å². The molecule has 0 saturated heterocycles. The number of hydrogen-bond acceptors (Lipinski definition) is 3. The number of nitrogens with zero attached hydrogens (tertiary/aromatic N) is 4. The summed E-state index contributed by atoms with van der Waals surface area (Å²) in [5.74, 6) is 0.988. The number of hydrogen-bond donors (Lipinski definition) is 0. The Hall–Kier alpha value is -3.01. The van der Waals surface area contributed by atoms with E-state index in [4.69, 9.17) is 10.1 Å². The van der Waals surface area contributed by atoms with Crippen molar-refractivity contribution in [1.29, 1.82) is 0 Å². The van der Waals surface area contributed by atoms with Crippen LogP contribution in [-0.4, -0.2) is 20.9 Å². The van der Waals surface area contributed by atoms with Crippen molar-refractivity contribution >= 4 is 28.2 Å². The Morgan fingerprint density at radius 1 is 1.00 bits per heavy atom. The van der Waals surface area contributed by atoms with Gasteiger partial charge >= 0.3 is 0 Å². The maximum absolute atomic E-state index is 4.80. The van der Waals surface area contributed by atoms with Gasteiger partial charge in [-0.25, -0.2) is 9.66 Å². The number of benzene rings is 2. The maximum atomic E-state index is 4.80. The minimum atomic E-state index is 0.898. The normalized spacial score (nSPS) is 11.7. The van der Waals surface area contributed by atoms with Gasteiger partial charge in [0.15, 0.2) is 0 Å². The quantitative estimate of drug-likeness (QED) is 0.493. The highest BCUT2D eigenvalue weighted by atomic mass is 15.4. The molecular formula is C21H20N4. The first-order valence-electron chi connectivity index (χ1n) is 8.71. The first-order chi connectivity index (χ1) is 12.4. The van der Waals surface area contributed by atoms with E-state index >= 15 is 0 Å². The molecule has 0 amide bonds. The second-order valence-electron chi connectivity index (χ2n) is 6.11. The van der Waals surface area contributed by atoms with Gasteiger partial charge in [0, 0.05) is 11.8 Å². The number of imidazole rings is 1. The summed E-state index contributed by atoms with van der Waals surface area (Å²) in [6.07, 6.45) is 6.87. The van der Waals surface area contributed by atoms with Crippen LogP contribution in [0.3, 0.4) is 0 Å². The van der Waals surface area contributed by atoms with Crippen molar-refractivity contribution in [2.75, 3.05) is 0 Å². The molecule has 25 heavy (non-hydrogen) atoms. The maximum Gasteiger partial charge on any atom is 0.131 e. The molecular weight excluding hydrogens is 308 g/mol. The number of fused-ring (bicyclic) bond motifs is 3. The topological polar surface area (TPSA) is 43.1 Å². The molecule has 0 bridgehead atoms. The molecule has 0 aliphatic carbocycles. The van der Waals surface area contributed by atoms with Crippen molar-refractivity contribution in [3.63, 3.8) is 0 Å².